The number of amides is 1. The number of benzene rings is 1. The van der Waals surface area contributed by atoms with Gasteiger partial charge in [-0.25, -0.2) is 4.98 Å². The topological polar surface area (TPSA) is 72.5 Å². The first-order valence-electron chi connectivity index (χ1n) is 9.30. The molecule has 1 fully saturated rings. The summed E-state index contributed by atoms with van der Waals surface area (Å²) in [4.78, 5) is 24.5. The SMILES string of the molecule is CN(Cc1nc2ccccc2[nH]1)C[C@]1(O)CCCN(CC(C)(C)C)C1=O. The average Bonchev–Trinajstić information content (AvgIpc) is 2.92. The maximum atomic E-state index is 12.9. The number of nitrogens with one attached hydrogen (secondary N) is 1. The van der Waals surface area contributed by atoms with Crippen molar-refractivity contribution >= 4 is 16.9 Å². The average molecular weight is 358 g/mol. The predicted molar refractivity (Wildman–Crippen MR) is 103 cm³/mol. The molecule has 0 unspecified atom stereocenters. The summed E-state index contributed by atoms with van der Waals surface area (Å²) >= 11 is 0. The number of rotatable bonds is 5. The van der Waals surface area contributed by atoms with Crippen molar-refractivity contribution in [3.05, 3.63) is 30.1 Å². The third-order valence-corrected chi connectivity index (χ3v) is 4.76. The van der Waals surface area contributed by atoms with Crippen molar-refractivity contribution in [2.24, 2.45) is 5.41 Å². The standard InChI is InChI=1S/C20H30N4O2/c1-19(2,3)13-24-11-7-10-20(26,18(24)25)14-23(4)12-17-21-15-8-5-6-9-16(15)22-17/h5-6,8-9,26H,7,10-14H2,1-4H3,(H,21,22)/t20-/m1/s1. The van der Waals surface area contributed by atoms with Crippen molar-refractivity contribution in [2.45, 2.75) is 45.8 Å². The number of para-hydroxylation sites is 2. The van der Waals surface area contributed by atoms with Gasteiger partial charge < -0.3 is 15.0 Å². The normalized spacial score (nSPS) is 21.8. The maximum Gasteiger partial charge on any atom is 0.255 e. The highest BCUT2D eigenvalue weighted by atomic mass is 16.3. The molecule has 6 nitrogen and oxygen atoms in total. The third-order valence-electron chi connectivity index (χ3n) is 4.76. The van der Waals surface area contributed by atoms with E-state index >= 15 is 0 Å². The van der Waals surface area contributed by atoms with Crippen molar-refractivity contribution in [3.8, 4) is 0 Å². The van der Waals surface area contributed by atoms with E-state index in [1.54, 1.807) is 0 Å². The summed E-state index contributed by atoms with van der Waals surface area (Å²) in [6.07, 6.45) is 1.34. The third kappa shape index (κ3) is 4.24. The number of piperidine rings is 1. The number of likely N-dealkylation sites (tertiary alicyclic amines) is 1. The fourth-order valence-electron chi connectivity index (χ4n) is 3.77. The molecule has 2 aromatic rings. The number of imidazole rings is 1. The molecule has 142 valence electrons. The van der Waals surface area contributed by atoms with Gasteiger partial charge in [-0.1, -0.05) is 32.9 Å². The van der Waals surface area contributed by atoms with Crippen molar-refractivity contribution in [1.82, 2.24) is 19.8 Å². The van der Waals surface area contributed by atoms with Gasteiger partial charge in [0, 0.05) is 19.6 Å². The van der Waals surface area contributed by atoms with Crippen LogP contribution in [-0.2, 0) is 11.3 Å². The van der Waals surface area contributed by atoms with E-state index in [2.05, 4.69) is 30.7 Å². The van der Waals surface area contributed by atoms with Crippen LogP contribution >= 0.6 is 0 Å². The number of fused-ring (bicyclic) bond motifs is 1. The summed E-state index contributed by atoms with van der Waals surface area (Å²) < 4.78 is 0. The second-order valence-electron chi connectivity index (χ2n) is 8.80. The first-order valence-corrected chi connectivity index (χ1v) is 9.30. The highest BCUT2D eigenvalue weighted by Gasteiger charge is 2.43. The Bertz CT molecular complexity index is 746. The molecule has 0 spiro atoms. The molecule has 1 saturated heterocycles. The van der Waals surface area contributed by atoms with Gasteiger partial charge >= 0.3 is 0 Å². The Morgan fingerprint density at radius 1 is 1.35 bits per heavy atom. The molecule has 0 radical (unpaired) electrons. The van der Waals surface area contributed by atoms with Gasteiger partial charge in [0.15, 0.2) is 5.60 Å². The Morgan fingerprint density at radius 3 is 2.77 bits per heavy atom. The van der Waals surface area contributed by atoms with Gasteiger partial charge in [-0.15, -0.1) is 0 Å². The lowest BCUT2D eigenvalue weighted by Crippen LogP contribution is -2.59. The second-order valence-corrected chi connectivity index (χ2v) is 8.80. The zero-order valence-electron chi connectivity index (χ0n) is 16.2. The van der Waals surface area contributed by atoms with Crippen LogP contribution < -0.4 is 0 Å². The zero-order valence-corrected chi connectivity index (χ0v) is 16.2. The van der Waals surface area contributed by atoms with E-state index in [1.165, 1.54) is 0 Å². The van der Waals surface area contributed by atoms with Gasteiger partial charge in [-0.3, -0.25) is 9.69 Å². The van der Waals surface area contributed by atoms with Crippen molar-refractivity contribution in [3.63, 3.8) is 0 Å². The first kappa shape index (κ1) is 18.9. The lowest BCUT2D eigenvalue weighted by Gasteiger charge is -2.42. The van der Waals surface area contributed by atoms with E-state index in [-0.39, 0.29) is 11.3 Å². The van der Waals surface area contributed by atoms with Gasteiger partial charge in [0.1, 0.15) is 5.82 Å². The minimum atomic E-state index is -1.32. The monoisotopic (exact) mass is 358 g/mol. The van der Waals surface area contributed by atoms with E-state index in [1.807, 2.05) is 41.1 Å². The molecule has 1 aliphatic rings. The van der Waals surface area contributed by atoms with Gasteiger partial charge in [-0.2, -0.15) is 0 Å². The lowest BCUT2D eigenvalue weighted by atomic mass is 9.88. The fourth-order valence-corrected chi connectivity index (χ4v) is 3.77. The number of nitrogens with zero attached hydrogens (tertiary/aromatic N) is 3. The molecular weight excluding hydrogens is 328 g/mol. The Kier molecular flexibility index (Phi) is 5.08. The van der Waals surface area contributed by atoms with Crippen LogP contribution in [0, 0.1) is 5.41 Å². The molecule has 3 rings (SSSR count). The number of aliphatic hydroxyl groups is 1. The summed E-state index contributed by atoms with van der Waals surface area (Å²) in [5.74, 6) is 0.697. The number of carbonyl (C=O) groups is 1. The van der Waals surface area contributed by atoms with Gasteiger partial charge in [0.2, 0.25) is 0 Å². The molecule has 0 aliphatic carbocycles. The Hall–Kier alpha value is -1.92. The van der Waals surface area contributed by atoms with Crippen molar-refractivity contribution in [1.29, 1.82) is 0 Å². The molecule has 26 heavy (non-hydrogen) atoms. The van der Waals surface area contributed by atoms with Crippen LogP contribution in [0.25, 0.3) is 11.0 Å². The number of hydrogen-bond donors (Lipinski definition) is 2. The second kappa shape index (κ2) is 7.00. The first-order chi connectivity index (χ1) is 12.2. The molecule has 1 atom stereocenters. The summed E-state index contributed by atoms with van der Waals surface area (Å²) in [5, 5.41) is 11.0. The molecule has 1 aliphatic heterocycles. The van der Waals surface area contributed by atoms with E-state index in [9.17, 15) is 9.90 Å². The summed E-state index contributed by atoms with van der Waals surface area (Å²) in [7, 11) is 1.92. The minimum absolute atomic E-state index is 0.0219. The smallest absolute Gasteiger partial charge is 0.255 e. The van der Waals surface area contributed by atoms with Crippen LogP contribution in [0.3, 0.4) is 0 Å². The summed E-state index contributed by atoms with van der Waals surface area (Å²) in [5.41, 5.74) is 0.637. The molecule has 2 N–H and O–H groups in total. The van der Waals surface area contributed by atoms with E-state index in [0.29, 0.717) is 26.1 Å². The number of H-pyrrole nitrogens is 1. The number of likely N-dealkylation sites (N-methyl/N-ethyl adjacent to an activating group) is 1. The fraction of sp³-hybridized carbons (Fsp3) is 0.600. The molecule has 0 bridgehead atoms. The summed E-state index contributed by atoms with van der Waals surface area (Å²) in [6.45, 7) is 8.60. The molecule has 6 heteroatoms. The van der Waals surface area contributed by atoms with Crippen LogP contribution in [0.1, 0.15) is 39.4 Å². The zero-order chi connectivity index (χ0) is 18.9. The Morgan fingerprint density at radius 2 is 2.08 bits per heavy atom. The van der Waals surface area contributed by atoms with Crippen LogP contribution in [0.15, 0.2) is 24.3 Å². The minimum Gasteiger partial charge on any atom is -0.379 e. The highest BCUT2D eigenvalue weighted by Crippen LogP contribution is 2.27. The van der Waals surface area contributed by atoms with Gasteiger partial charge in [0.25, 0.3) is 5.91 Å². The number of aromatic nitrogens is 2. The van der Waals surface area contributed by atoms with Crippen LogP contribution in [0.4, 0.5) is 0 Å². The van der Waals surface area contributed by atoms with Crippen LogP contribution in [0.5, 0.6) is 0 Å². The summed E-state index contributed by atoms with van der Waals surface area (Å²) in [6, 6.07) is 7.90. The number of aromatic amines is 1. The van der Waals surface area contributed by atoms with Crippen molar-refractivity contribution in [2.75, 3.05) is 26.7 Å². The molecule has 1 aromatic carbocycles. The van der Waals surface area contributed by atoms with E-state index in [0.717, 1.165) is 29.8 Å². The quantitative estimate of drug-likeness (QED) is 0.861. The maximum absolute atomic E-state index is 12.9. The largest absolute Gasteiger partial charge is 0.379 e. The van der Waals surface area contributed by atoms with Crippen LogP contribution in [-0.4, -0.2) is 63.1 Å². The predicted octanol–water partition coefficient (Wildman–Crippen LogP) is 2.39. The number of hydrogen-bond acceptors (Lipinski definition) is 4. The molecular formula is C20H30N4O2. The Labute approximate surface area is 155 Å². The van der Waals surface area contributed by atoms with E-state index in [4.69, 9.17) is 0 Å². The van der Waals surface area contributed by atoms with Crippen LogP contribution in [0.2, 0.25) is 0 Å². The van der Waals surface area contributed by atoms with Gasteiger partial charge in [-0.05, 0) is 37.4 Å². The highest BCUT2D eigenvalue weighted by molar-refractivity contribution is 5.86. The molecule has 1 amide bonds. The molecule has 1 aromatic heterocycles. The Balaban J connectivity index is 1.66. The van der Waals surface area contributed by atoms with Gasteiger partial charge in [0.05, 0.1) is 17.6 Å². The molecule has 2 heterocycles. The lowest BCUT2D eigenvalue weighted by molar-refractivity contribution is -0.160. The van der Waals surface area contributed by atoms with Crippen molar-refractivity contribution < 1.29 is 9.90 Å². The number of carbonyl (C=O) groups excluding carboxylic acids is 1. The van der Waals surface area contributed by atoms with E-state index < -0.39 is 5.60 Å². The molecule has 0 saturated carbocycles.